The fraction of sp³-hybridized carbons (Fsp3) is 0.167. The zero-order chi connectivity index (χ0) is 14.0. The summed E-state index contributed by atoms with van der Waals surface area (Å²) in [6.07, 6.45) is -1.70. The highest BCUT2D eigenvalue weighted by atomic mass is 79.9. The minimum absolute atomic E-state index is 0.0692. The Balaban J connectivity index is 2.42. The van der Waals surface area contributed by atoms with Crippen LogP contribution in [0.4, 0.5) is 13.2 Å². The second-order valence-corrected chi connectivity index (χ2v) is 4.67. The van der Waals surface area contributed by atoms with Crippen LogP contribution in [-0.2, 0) is 6.18 Å². The lowest BCUT2D eigenvalue weighted by Crippen LogP contribution is -2.09. The predicted octanol–water partition coefficient (Wildman–Crippen LogP) is 3.34. The lowest BCUT2D eigenvalue weighted by atomic mass is 10.0. The highest BCUT2D eigenvalue weighted by molar-refractivity contribution is 9.10. The number of aliphatic hydroxyl groups is 1. The molecule has 7 heteroatoms. The van der Waals surface area contributed by atoms with Crippen LogP contribution in [0, 0.1) is 0 Å². The zero-order valence-corrected chi connectivity index (χ0v) is 11.0. The van der Waals surface area contributed by atoms with E-state index >= 15 is 0 Å². The number of halogens is 4. The minimum Gasteiger partial charge on any atom is -0.384 e. The van der Waals surface area contributed by atoms with Crippen molar-refractivity contribution in [2.24, 2.45) is 0 Å². The van der Waals surface area contributed by atoms with Crippen LogP contribution in [0.15, 0.2) is 41.4 Å². The highest BCUT2D eigenvalue weighted by Gasteiger charge is 2.33. The maximum Gasteiger partial charge on any atom is 0.417 e. The molecule has 100 valence electrons. The van der Waals surface area contributed by atoms with Crippen molar-refractivity contribution in [1.82, 2.24) is 9.97 Å². The third kappa shape index (κ3) is 3.10. The van der Waals surface area contributed by atoms with E-state index in [1.165, 1.54) is 30.9 Å². The lowest BCUT2D eigenvalue weighted by molar-refractivity contribution is -0.138. The van der Waals surface area contributed by atoms with Gasteiger partial charge in [0.25, 0.3) is 0 Å². The average Bonchev–Trinajstić information content (AvgIpc) is 2.38. The standard InChI is InChI=1S/C12H8BrF3N2O/c13-10-2-1-7(3-9(10)12(14,15)16)11(19)8-4-17-6-18-5-8/h1-6,11,19H. The van der Waals surface area contributed by atoms with Gasteiger partial charge in [0.05, 0.1) is 5.56 Å². The van der Waals surface area contributed by atoms with E-state index < -0.39 is 17.8 Å². The molecule has 1 aromatic carbocycles. The molecule has 1 atom stereocenters. The van der Waals surface area contributed by atoms with Gasteiger partial charge in [-0.15, -0.1) is 0 Å². The molecule has 0 saturated heterocycles. The van der Waals surface area contributed by atoms with Crippen LogP contribution in [0.3, 0.4) is 0 Å². The fourth-order valence-electron chi connectivity index (χ4n) is 1.57. The zero-order valence-electron chi connectivity index (χ0n) is 9.39. The van der Waals surface area contributed by atoms with Crippen molar-refractivity contribution in [1.29, 1.82) is 0 Å². The van der Waals surface area contributed by atoms with Crippen molar-refractivity contribution >= 4 is 15.9 Å². The van der Waals surface area contributed by atoms with Crippen LogP contribution < -0.4 is 0 Å². The predicted molar refractivity (Wildman–Crippen MR) is 65.2 cm³/mol. The first-order chi connectivity index (χ1) is 8.89. The molecule has 0 aliphatic carbocycles. The molecule has 1 N–H and O–H groups in total. The first-order valence-electron chi connectivity index (χ1n) is 5.19. The normalized spacial score (nSPS) is 13.3. The van der Waals surface area contributed by atoms with Gasteiger partial charge in [-0.25, -0.2) is 9.97 Å². The van der Waals surface area contributed by atoms with Gasteiger partial charge in [-0.2, -0.15) is 13.2 Å². The molecule has 19 heavy (non-hydrogen) atoms. The molecule has 0 aliphatic rings. The smallest absolute Gasteiger partial charge is 0.384 e. The monoisotopic (exact) mass is 332 g/mol. The number of rotatable bonds is 2. The molecule has 3 nitrogen and oxygen atoms in total. The Kier molecular flexibility index (Phi) is 3.86. The molecule has 1 heterocycles. The quantitative estimate of drug-likeness (QED) is 0.917. The first kappa shape index (κ1) is 14.0. The number of hydrogen-bond donors (Lipinski definition) is 1. The molecule has 0 bridgehead atoms. The lowest BCUT2D eigenvalue weighted by Gasteiger charge is -2.14. The maximum atomic E-state index is 12.8. The third-order valence-corrected chi connectivity index (χ3v) is 3.20. The maximum absolute atomic E-state index is 12.8. The molecule has 0 radical (unpaired) electrons. The molecule has 0 amide bonds. The number of nitrogens with zero attached hydrogens (tertiary/aromatic N) is 2. The van der Waals surface area contributed by atoms with Gasteiger partial charge < -0.3 is 5.11 Å². The summed E-state index contributed by atoms with van der Waals surface area (Å²) < 4.78 is 38.2. The summed E-state index contributed by atoms with van der Waals surface area (Å²) in [6, 6.07) is 3.57. The highest BCUT2D eigenvalue weighted by Crippen LogP contribution is 2.36. The van der Waals surface area contributed by atoms with Gasteiger partial charge in [0.2, 0.25) is 0 Å². The Hall–Kier alpha value is -1.47. The van der Waals surface area contributed by atoms with Gasteiger partial charge in [0.15, 0.2) is 0 Å². The van der Waals surface area contributed by atoms with Gasteiger partial charge in [0.1, 0.15) is 12.4 Å². The van der Waals surface area contributed by atoms with E-state index in [1.807, 2.05) is 0 Å². The topological polar surface area (TPSA) is 46.0 Å². The molecule has 0 saturated carbocycles. The van der Waals surface area contributed by atoms with E-state index in [-0.39, 0.29) is 10.0 Å². The van der Waals surface area contributed by atoms with Crippen LogP contribution in [0.5, 0.6) is 0 Å². The number of aromatic nitrogens is 2. The van der Waals surface area contributed by atoms with Crippen LogP contribution in [-0.4, -0.2) is 15.1 Å². The van der Waals surface area contributed by atoms with E-state index in [4.69, 9.17) is 0 Å². The molecule has 0 aliphatic heterocycles. The van der Waals surface area contributed by atoms with Gasteiger partial charge in [-0.1, -0.05) is 22.0 Å². The Morgan fingerprint density at radius 2 is 1.74 bits per heavy atom. The van der Waals surface area contributed by atoms with Crippen LogP contribution in [0.2, 0.25) is 0 Å². The van der Waals surface area contributed by atoms with Crippen molar-refractivity contribution in [3.8, 4) is 0 Å². The largest absolute Gasteiger partial charge is 0.417 e. The van der Waals surface area contributed by atoms with Crippen molar-refractivity contribution < 1.29 is 18.3 Å². The molecular formula is C12H8BrF3N2O. The molecular weight excluding hydrogens is 325 g/mol. The molecule has 2 rings (SSSR count). The molecule has 2 aromatic rings. The van der Waals surface area contributed by atoms with Crippen molar-refractivity contribution in [3.63, 3.8) is 0 Å². The van der Waals surface area contributed by atoms with Gasteiger partial charge >= 0.3 is 6.18 Å². The van der Waals surface area contributed by atoms with Crippen LogP contribution >= 0.6 is 15.9 Å². The summed E-state index contributed by atoms with van der Waals surface area (Å²) in [5.74, 6) is 0. The second-order valence-electron chi connectivity index (χ2n) is 3.81. The fourth-order valence-corrected chi connectivity index (χ4v) is 2.05. The summed E-state index contributed by atoms with van der Waals surface area (Å²) in [4.78, 5) is 7.43. The van der Waals surface area contributed by atoms with Gasteiger partial charge in [-0.3, -0.25) is 0 Å². The Morgan fingerprint density at radius 3 is 2.32 bits per heavy atom. The summed E-state index contributed by atoms with van der Waals surface area (Å²) in [5, 5.41) is 10.0. The molecule has 0 spiro atoms. The number of alkyl halides is 3. The number of benzene rings is 1. The van der Waals surface area contributed by atoms with E-state index in [2.05, 4.69) is 25.9 Å². The van der Waals surface area contributed by atoms with E-state index in [0.717, 1.165) is 6.07 Å². The Labute approximate surface area is 115 Å². The molecule has 0 fully saturated rings. The summed E-state index contributed by atoms with van der Waals surface area (Å²) in [6.45, 7) is 0. The van der Waals surface area contributed by atoms with E-state index in [1.54, 1.807) is 0 Å². The van der Waals surface area contributed by atoms with Gasteiger partial charge in [0, 0.05) is 22.4 Å². The third-order valence-electron chi connectivity index (χ3n) is 2.51. The van der Waals surface area contributed by atoms with Crippen molar-refractivity contribution in [3.05, 3.63) is 58.1 Å². The second kappa shape index (κ2) is 5.26. The summed E-state index contributed by atoms with van der Waals surface area (Å²) in [5.41, 5.74) is -0.371. The van der Waals surface area contributed by atoms with Crippen LogP contribution in [0.1, 0.15) is 22.8 Å². The Morgan fingerprint density at radius 1 is 1.11 bits per heavy atom. The SMILES string of the molecule is OC(c1cncnc1)c1ccc(Br)c(C(F)(F)F)c1. The summed E-state index contributed by atoms with van der Waals surface area (Å²) in [7, 11) is 0. The number of aliphatic hydroxyl groups excluding tert-OH is 1. The van der Waals surface area contributed by atoms with E-state index in [0.29, 0.717) is 5.56 Å². The number of hydrogen-bond acceptors (Lipinski definition) is 3. The van der Waals surface area contributed by atoms with Crippen molar-refractivity contribution in [2.45, 2.75) is 12.3 Å². The summed E-state index contributed by atoms with van der Waals surface area (Å²) >= 11 is 2.85. The van der Waals surface area contributed by atoms with Gasteiger partial charge in [-0.05, 0) is 17.7 Å². The van der Waals surface area contributed by atoms with Crippen LogP contribution in [0.25, 0.3) is 0 Å². The first-order valence-corrected chi connectivity index (χ1v) is 5.98. The molecule has 1 aromatic heterocycles. The molecule has 1 unspecified atom stereocenters. The average molecular weight is 333 g/mol. The van der Waals surface area contributed by atoms with E-state index in [9.17, 15) is 18.3 Å². The Bertz CT molecular complexity index is 575. The van der Waals surface area contributed by atoms with Crippen molar-refractivity contribution in [2.75, 3.05) is 0 Å². The minimum atomic E-state index is -4.48.